The zero-order valence-corrected chi connectivity index (χ0v) is 12.3. The number of carbonyl (C=O) groups is 2. The van der Waals surface area contributed by atoms with Gasteiger partial charge in [0.05, 0.1) is 24.1 Å². The number of amides is 1. The van der Waals surface area contributed by atoms with E-state index in [0.29, 0.717) is 5.76 Å². The van der Waals surface area contributed by atoms with E-state index in [-0.39, 0.29) is 22.0 Å². The Bertz CT molecular complexity index is 722. The molecule has 1 heterocycles. The molecule has 1 aromatic carbocycles. The molecule has 0 bridgehead atoms. The summed E-state index contributed by atoms with van der Waals surface area (Å²) in [5.41, 5.74) is 0.161. The molecule has 2 rings (SSSR count). The molecule has 0 saturated heterocycles. The van der Waals surface area contributed by atoms with Crippen molar-refractivity contribution in [2.24, 2.45) is 0 Å². The molecule has 2 N–H and O–H groups in total. The molecule has 1 aromatic heterocycles. The van der Waals surface area contributed by atoms with Crippen LogP contribution in [0, 0.1) is 0 Å². The third kappa shape index (κ3) is 3.67. The second kappa shape index (κ2) is 6.82. The van der Waals surface area contributed by atoms with Gasteiger partial charge in [0.1, 0.15) is 17.1 Å². The number of anilines is 1. The molecule has 0 fully saturated rings. The third-order valence-corrected chi connectivity index (χ3v) is 3.03. The van der Waals surface area contributed by atoms with Crippen LogP contribution in [0.4, 0.5) is 5.69 Å². The quantitative estimate of drug-likeness (QED) is 0.825. The second-order valence-electron chi connectivity index (χ2n) is 4.18. The first-order valence-corrected chi connectivity index (χ1v) is 6.52. The SMILES string of the molecule is COc1cc(NC(=O)/C=C/c2ccco2)c(Cl)cc1C(=O)O. The summed E-state index contributed by atoms with van der Waals surface area (Å²) in [6.45, 7) is 0. The third-order valence-electron chi connectivity index (χ3n) is 2.72. The molecule has 0 saturated carbocycles. The molecule has 6 nitrogen and oxygen atoms in total. The van der Waals surface area contributed by atoms with Gasteiger partial charge in [-0.05, 0) is 24.3 Å². The Balaban J connectivity index is 2.18. The van der Waals surface area contributed by atoms with E-state index in [1.54, 1.807) is 12.1 Å². The monoisotopic (exact) mass is 321 g/mol. The number of nitrogens with one attached hydrogen (secondary N) is 1. The van der Waals surface area contributed by atoms with Crippen molar-refractivity contribution < 1.29 is 23.8 Å². The highest BCUT2D eigenvalue weighted by Gasteiger charge is 2.15. The summed E-state index contributed by atoms with van der Waals surface area (Å²) in [5, 5.41) is 11.7. The topological polar surface area (TPSA) is 88.8 Å². The lowest BCUT2D eigenvalue weighted by Crippen LogP contribution is -2.09. The van der Waals surface area contributed by atoms with Crippen LogP contribution in [0.1, 0.15) is 16.1 Å². The maximum Gasteiger partial charge on any atom is 0.339 e. The Kier molecular flexibility index (Phi) is 4.85. The number of halogens is 1. The van der Waals surface area contributed by atoms with Crippen LogP contribution in [0.15, 0.2) is 41.0 Å². The van der Waals surface area contributed by atoms with Gasteiger partial charge in [-0.15, -0.1) is 0 Å². The first-order chi connectivity index (χ1) is 10.5. The highest BCUT2D eigenvalue weighted by atomic mass is 35.5. The maximum atomic E-state index is 11.8. The second-order valence-corrected chi connectivity index (χ2v) is 4.58. The van der Waals surface area contributed by atoms with E-state index in [9.17, 15) is 9.59 Å². The molecular formula is C15H12ClNO5. The number of carboxylic acids is 1. The van der Waals surface area contributed by atoms with E-state index in [4.69, 9.17) is 25.9 Å². The molecule has 22 heavy (non-hydrogen) atoms. The normalized spacial score (nSPS) is 10.6. The molecule has 0 unspecified atom stereocenters. The average molecular weight is 322 g/mol. The Morgan fingerprint density at radius 3 is 2.77 bits per heavy atom. The van der Waals surface area contributed by atoms with Crippen LogP contribution in [0.3, 0.4) is 0 Å². The summed E-state index contributed by atoms with van der Waals surface area (Å²) >= 11 is 5.97. The Labute approximate surface area is 131 Å². The number of rotatable bonds is 5. The van der Waals surface area contributed by atoms with Crippen LogP contribution in [-0.2, 0) is 4.79 Å². The van der Waals surface area contributed by atoms with Crippen molar-refractivity contribution in [1.82, 2.24) is 0 Å². The summed E-state index contributed by atoms with van der Waals surface area (Å²) in [7, 11) is 1.33. The number of hydrogen-bond donors (Lipinski definition) is 2. The van der Waals surface area contributed by atoms with Crippen LogP contribution in [0.2, 0.25) is 5.02 Å². The van der Waals surface area contributed by atoms with E-state index >= 15 is 0 Å². The molecule has 0 radical (unpaired) electrons. The molecule has 1 amide bonds. The Morgan fingerprint density at radius 1 is 1.41 bits per heavy atom. The van der Waals surface area contributed by atoms with Crippen molar-refractivity contribution in [1.29, 1.82) is 0 Å². The fourth-order valence-corrected chi connectivity index (χ4v) is 1.91. The van der Waals surface area contributed by atoms with E-state index in [2.05, 4.69) is 5.32 Å². The first kappa shape index (κ1) is 15.7. The minimum atomic E-state index is -1.17. The minimum absolute atomic E-state index is 0.0865. The number of benzene rings is 1. The largest absolute Gasteiger partial charge is 0.496 e. The predicted octanol–water partition coefficient (Wildman–Crippen LogP) is 3.29. The van der Waals surface area contributed by atoms with Crippen molar-refractivity contribution >= 4 is 35.2 Å². The van der Waals surface area contributed by atoms with Crippen molar-refractivity contribution in [3.05, 3.63) is 53.0 Å². The van der Waals surface area contributed by atoms with E-state index in [1.807, 2.05) is 0 Å². The van der Waals surface area contributed by atoms with Crippen LogP contribution >= 0.6 is 11.6 Å². The molecule has 0 aliphatic rings. The number of carbonyl (C=O) groups excluding carboxylic acids is 1. The first-order valence-electron chi connectivity index (χ1n) is 6.14. The number of methoxy groups -OCH3 is 1. The van der Waals surface area contributed by atoms with Crippen LogP contribution in [0.5, 0.6) is 5.75 Å². The van der Waals surface area contributed by atoms with Gasteiger partial charge >= 0.3 is 5.97 Å². The minimum Gasteiger partial charge on any atom is -0.496 e. The van der Waals surface area contributed by atoms with Gasteiger partial charge < -0.3 is 19.6 Å². The Hall–Kier alpha value is -2.73. The summed E-state index contributed by atoms with van der Waals surface area (Å²) in [5.74, 6) is -0.986. The number of aromatic carboxylic acids is 1. The maximum absolute atomic E-state index is 11.8. The van der Waals surface area contributed by atoms with Crippen molar-refractivity contribution in [2.45, 2.75) is 0 Å². The number of furan rings is 1. The van der Waals surface area contributed by atoms with Crippen LogP contribution < -0.4 is 10.1 Å². The van der Waals surface area contributed by atoms with Gasteiger partial charge in [-0.1, -0.05) is 11.6 Å². The lowest BCUT2D eigenvalue weighted by atomic mass is 10.1. The van der Waals surface area contributed by atoms with Gasteiger partial charge in [0.25, 0.3) is 0 Å². The van der Waals surface area contributed by atoms with Crippen molar-refractivity contribution in [3.8, 4) is 5.75 Å². The van der Waals surface area contributed by atoms with Crippen LogP contribution in [-0.4, -0.2) is 24.1 Å². The number of ether oxygens (including phenoxy) is 1. The van der Waals surface area contributed by atoms with E-state index in [0.717, 1.165) is 0 Å². The smallest absolute Gasteiger partial charge is 0.339 e. The number of hydrogen-bond acceptors (Lipinski definition) is 4. The highest BCUT2D eigenvalue weighted by molar-refractivity contribution is 6.34. The van der Waals surface area contributed by atoms with Crippen LogP contribution in [0.25, 0.3) is 6.08 Å². The van der Waals surface area contributed by atoms with Gasteiger partial charge in [0.2, 0.25) is 5.91 Å². The molecular weight excluding hydrogens is 310 g/mol. The Morgan fingerprint density at radius 2 is 2.18 bits per heavy atom. The standard InChI is InChI=1S/C15H12ClNO5/c1-21-13-8-12(11(16)7-10(13)15(19)20)17-14(18)5-4-9-3-2-6-22-9/h2-8H,1H3,(H,17,18)(H,19,20)/b5-4+. The number of carboxylic acid groups (broad SMARTS) is 1. The molecule has 0 aliphatic carbocycles. The molecule has 2 aromatic rings. The zero-order valence-electron chi connectivity index (χ0n) is 11.5. The molecule has 114 valence electrons. The summed E-state index contributed by atoms with van der Waals surface area (Å²) < 4.78 is 10.0. The molecule has 7 heteroatoms. The summed E-state index contributed by atoms with van der Waals surface area (Å²) in [6.07, 6.45) is 4.25. The summed E-state index contributed by atoms with van der Waals surface area (Å²) in [6, 6.07) is 5.96. The fourth-order valence-electron chi connectivity index (χ4n) is 1.70. The molecule has 0 atom stereocenters. The van der Waals surface area contributed by atoms with E-state index < -0.39 is 11.9 Å². The fraction of sp³-hybridized carbons (Fsp3) is 0.0667. The lowest BCUT2D eigenvalue weighted by Gasteiger charge is -2.10. The average Bonchev–Trinajstić information content (AvgIpc) is 3.00. The predicted molar refractivity (Wildman–Crippen MR) is 81.3 cm³/mol. The van der Waals surface area contributed by atoms with Gasteiger partial charge in [-0.25, -0.2) is 4.79 Å². The molecule has 0 aliphatic heterocycles. The van der Waals surface area contributed by atoms with Gasteiger partial charge in [0, 0.05) is 12.1 Å². The van der Waals surface area contributed by atoms with Gasteiger partial charge in [-0.2, -0.15) is 0 Å². The van der Waals surface area contributed by atoms with Gasteiger partial charge in [-0.3, -0.25) is 4.79 Å². The lowest BCUT2D eigenvalue weighted by molar-refractivity contribution is -0.111. The van der Waals surface area contributed by atoms with E-state index in [1.165, 1.54) is 37.7 Å². The highest BCUT2D eigenvalue weighted by Crippen LogP contribution is 2.31. The zero-order chi connectivity index (χ0) is 16.1. The van der Waals surface area contributed by atoms with Gasteiger partial charge in [0.15, 0.2) is 0 Å². The molecule has 0 spiro atoms. The van der Waals surface area contributed by atoms with Crippen molar-refractivity contribution in [2.75, 3.05) is 12.4 Å². The van der Waals surface area contributed by atoms with Crippen molar-refractivity contribution in [3.63, 3.8) is 0 Å². The summed E-state index contributed by atoms with van der Waals surface area (Å²) in [4.78, 5) is 22.9.